The summed E-state index contributed by atoms with van der Waals surface area (Å²) in [6, 6.07) is 11.3. The van der Waals surface area contributed by atoms with Crippen molar-refractivity contribution in [3.63, 3.8) is 0 Å². The number of hydrogen-bond donors (Lipinski definition) is 1. The number of amides is 1. The summed E-state index contributed by atoms with van der Waals surface area (Å²) < 4.78 is 23.0. The van der Waals surface area contributed by atoms with Gasteiger partial charge in [0, 0.05) is 19.2 Å². The van der Waals surface area contributed by atoms with E-state index in [1.807, 2.05) is 0 Å². The molecular weight excluding hydrogens is 395 g/mol. The molecule has 8 heteroatoms. The van der Waals surface area contributed by atoms with E-state index in [9.17, 15) is 13.2 Å². The highest BCUT2D eigenvalue weighted by molar-refractivity contribution is 7.89. The van der Waals surface area contributed by atoms with E-state index in [0.717, 1.165) is 5.56 Å². The Labute approximate surface area is 162 Å². The number of primary sulfonamides is 1. The van der Waals surface area contributed by atoms with Crippen molar-refractivity contribution in [3.05, 3.63) is 69.2 Å². The molecule has 1 heterocycles. The molecule has 0 aromatic heterocycles. The van der Waals surface area contributed by atoms with Crippen molar-refractivity contribution < 1.29 is 13.2 Å². The molecule has 1 aliphatic rings. The van der Waals surface area contributed by atoms with Gasteiger partial charge in [-0.15, -0.1) is 0 Å². The van der Waals surface area contributed by atoms with E-state index in [2.05, 4.69) is 0 Å². The van der Waals surface area contributed by atoms with E-state index in [0.29, 0.717) is 39.7 Å². The van der Waals surface area contributed by atoms with Crippen LogP contribution in [0.2, 0.25) is 10.0 Å². The van der Waals surface area contributed by atoms with Gasteiger partial charge in [-0.2, -0.15) is 0 Å². The molecule has 0 saturated carbocycles. The van der Waals surface area contributed by atoms with Crippen molar-refractivity contribution in [2.75, 3.05) is 13.6 Å². The fourth-order valence-electron chi connectivity index (χ4n) is 2.93. The molecule has 2 aromatic rings. The first-order valence-corrected chi connectivity index (χ1v) is 10.1. The average Bonchev–Trinajstić information content (AvgIpc) is 2.91. The van der Waals surface area contributed by atoms with Crippen molar-refractivity contribution in [3.8, 4) is 0 Å². The standard InChI is InChI=1S/C18H16Cl2N2O3S/c1-22-9-8-14(18(22)23)17(12-4-7-15(19)16(20)10-12)11-2-5-13(6-3-11)26(21,24)25/h2-7,10H,8-9H2,1H3,(H2,21,24,25). The molecule has 0 atom stereocenters. The zero-order chi connectivity index (χ0) is 19.1. The molecule has 1 aliphatic heterocycles. The minimum atomic E-state index is -3.79. The maximum atomic E-state index is 12.6. The smallest absolute Gasteiger partial charge is 0.250 e. The van der Waals surface area contributed by atoms with E-state index >= 15 is 0 Å². The summed E-state index contributed by atoms with van der Waals surface area (Å²) in [5.41, 5.74) is 2.80. The van der Waals surface area contributed by atoms with Crippen LogP contribution in [0.25, 0.3) is 5.57 Å². The predicted octanol–water partition coefficient (Wildman–Crippen LogP) is 3.30. The Morgan fingerprint density at radius 3 is 2.15 bits per heavy atom. The lowest BCUT2D eigenvalue weighted by Gasteiger charge is -2.14. The third kappa shape index (κ3) is 3.64. The van der Waals surface area contributed by atoms with Gasteiger partial charge in [0.25, 0.3) is 0 Å². The molecule has 0 spiro atoms. The van der Waals surface area contributed by atoms with E-state index in [4.69, 9.17) is 28.3 Å². The van der Waals surface area contributed by atoms with Crippen LogP contribution in [0.4, 0.5) is 0 Å². The fourth-order valence-corrected chi connectivity index (χ4v) is 3.74. The summed E-state index contributed by atoms with van der Waals surface area (Å²) >= 11 is 12.2. The number of rotatable bonds is 3. The summed E-state index contributed by atoms with van der Waals surface area (Å²) in [6.07, 6.45) is 0.585. The maximum Gasteiger partial charge on any atom is 0.250 e. The fraction of sp³-hybridized carbons (Fsp3) is 0.167. The number of carbonyl (C=O) groups excluding carboxylic acids is 1. The van der Waals surface area contributed by atoms with Crippen LogP contribution in [0, 0.1) is 0 Å². The number of halogens is 2. The molecule has 1 saturated heterocycles. The lowest BCUT2D eigenvalue weighted by molar-refractivity contribution is -0.123. The minimum absolute atomic E-state index is 0.00889. The van der Waals surface area contributed by atoms with Crippen molar-refractivity contribution in [2.24, 2.45) is 5.14 Å². The Morgan fingerprint density at radius 2 is 1.65 bits per heavy atom. The highest BCUT2D eigenvalue weighted by atomic mass is 35.5. The molecule has 2 aromatic carbocycles. The van der Waals surface area contributed by atoms with Crippen molar-refractivity contribution in [1.82, 2.24) is 4.90 Å². The number of hydrogen-bond acceptors (Lipinski definition) is 3. The Balaban J connectivity index is 2.20. The Hall–Kier alpha value is -1.86. The zero-order valence-corrected chi connectivity index (χ0v) is 16.2. The highest BCUT2D eigenvalue weighted by Gasteiger charge is 2.27. The van der Waals surface area contributed by atoms with E-state index < -0.39 is 10.0 Å². The lowest BCUT2D eigenvalue weighted by Crippen LogP contribution is -2.19. The summed E-state index contributed by atoms with van der Waals surface area (Å²) in [5.74, 6) is -0.0680. The van der Waals surface area contributed by atoms with Crippen LogP contribution < -0.4 is 5.14 Å². The molecule has 0 unspecified atom stereocenters. The lowest BCUT2D eigenvalue weighted by atomic mass is 9.92. The van der Waals surface area contributed by atoms with Gasteiger partial charge >= 0.3 is 0 Å². The van der Waals surface area contributed by atoms with Crippen LogP contribution in [0.1, 0.15) is 17.5 Å². The zero-order valence-electron chi connectivity index (χ0n) is 13.9. The number of nitrogens with zero attached hydrogens (tertiary/aromatic N) is 1. The van der Waals surface area contributed by atoms with Crippen molar-refractivity contribution in [2.45, 2.75) is 11.3 Å². The SMILES string of the molecule is CN1CCC(=C(c2ccc(S(N)(=O)=O)cc2)c2ccc(Cl)c(Cl)c2)C1=O. The number of likely N-dealkylation sites (tertiary alicyclic amines) is 1. The van der Waals surface area contributed by atoms with Crippen LogP contribution in [-0.4, -0.2) is 32.8 Å². The summed E-state index contributed by atoms with van der Waals surface area (Å²) in [5, 5.41) is 5.95. The first-order valence-electron chi connectivity index (χ1n) is 7.76. The summed E-state index contributed by atoms with van der Waals surface area (Å²) in [4.78, 5) is 14.2. The molecule has 5 nitrogen and oxygen atoms in total. The predicted molar refractivity (Wildman–Crippen MR) is 103 cm³/mol. The maximum absolute atomic E-state index is 12.6. The minimum Gasteiger partial charge on any atom is -0.342 e. The van der Waals surface area contributed by atoms with Gasteiger partial charge in [0.1, 0.15) is 0 Å². The second kappa shape index (κ2) is 7.04. The Kier molecular flexibility index (Phi) is 5.12. The quantitative estimate of drug-likeness (QED) is 0.787. The average molecular weight is 411 g/mol. The van der Waals surface area contributed by atoms with Crippen LogP contribution in [-0.2, 0) is 14.8 Å². The van der Waals surface area contributed by atoms with Crippen LogP contribution in [0.15, 0.2) is 52.9 Å². The molecule has 26 heavy (non-hydrogen) atoms. The Bertz CT molecular complexity index is 1020. The van der Waals surface area contributed by atoms with Gasteiger partial charge in [-0.25, -0.2) is 13.6 Å². The van der Waals surface area contributed by atoms with Gasteiger partial charge in [0.05, 0.1) is 14.9 Å². The van der Waals surface area contributed by atoms with E-state index in [1.165, 1.54) is 12.1 Å². The largest absolute Gasteiger partial charge is 0.342 e. The van der Waals surface area contributed by atoms with Crippen molar-refractivity contribution >= 4 is 44.7 Å². The first kappa shape index (κ1) is 18.9. The number of carbonyl (C=O) groups is 1. The van der Waals surface area contributed by atoms with Crippen LogP contribution in [0.5, 0.6) is 0 Å². The molecule has 0 radical (unpaired) electrons. The van der Waals surface area contributed by atoms with Gasteiger partial charge in [0.15, 0.2) is 0 Å². The molecule has 3 rings (SSSR count). The molecule has 0 aliphatic carbocycles. The number of likely N-dealkylation sites (N-methyl/N-ethyl adjacent to an activating group) is 1. The van der Waals surface area contributed by atoms with Gasteiger partial charge in [-0.1, -0.05) is 41.4 Å². The number of benzene rings is 2. The monoisotopic (exact) mass is 410 g/mol. The van der Waals surface area contributed by atoms with E-state index in [-0.39, 0.29) is 10.8 Å². The molecular formula is C18H16Cl2N2O3S. The first-order chi connectivity index (χ1) is 12.2. The molecule has 1 fully saturated rings. The van der Waals surface area contributed by atoms with Crippen molar-refractivity contribution in [1.29, 1.82) is 0 Å². The topological polar surface area (TPSA) is 80.5 Å². The highest BCUT2D eigenvalue weighted by Crippen LogP contribution is 2.35. The Morgan fingerprint density at radius 1 is 1.04 bits per heavy atom. The summed E-state index contributed by atoms with van der Waals surface area (Å²) in [7, 11) is -2.05. The summed E-state index contributed by atoms with van der Waals surface area (Å²) in [6.45, 7) is 0.619. The third-order valence-electron chi connectivity index (χ3n) is 4.28. The van der Waals surface area contributed by atoms with Crippen LogP contribution >= 0.6 is 23.2 Å². The van der Waals surface area contributed by atoms with Gasteiger partial charge in [-0.05, 0) is 47.4 Å². The molecule has 2 N–H and O–H groups in total. The molecule has 136 valence electrons. The van der Waals surface area contributed by atoms with Gasteiger partial charge in [0.2, 0.25) is 15.9 Å². The second-order valence-corrected chi connectivity index (χ2v) is 8.40. The normalized spacial score (nSPS) is 16.9. The van der Waals surface area contributed by atoms with Gasteiger partial charge in [-0.3, -0.25) is 4.79 Å². The van der Waals surface area contributed by atoms with Crippen LogP contribution in [0.3, 0.4) is 0 Å². The van der Waals surface area contributed by atoms with Gasteiger partial charge < -0.3 is 4.90 Å². The number of nitrogens with two attached hydrogens (primary N) is 1. The molecule has 0 bridgehead atoms. The third-order valence-corrected chi connectivity index (χ3v) is 5.95. The molecule has 1 amide bonds. The second-order valence-electron chi connectivity index (χ2n) is 6.03. The number of sulfonamides is 1. The van der Waals surface area contributed by atoms with E-state index in [1.54, 1.807) is 42.3 Å².